The molecule has 0 amide bonds. The Morgan fingerprint density at radius 3 is 2.23 bits per heavy atom. The molecule has 1 aliphatic carbocycles. The van der Waals surface area contributed by atoms with E-state index in [0.717, 1.165) is 0 Å². The van der Waals surface area contributed by atoms with Crippen molar-refractivity contribution in [1.29, 1.82) is 0 Å². The van der Waals surface area contributed by atoms with Gasteiger partial charge in [-0.3, -0.25) is 14.3 Å². The van der Waals surface area contributed by atoms with E-state index in [4.69, 9.17) is 11.6 Å². The molecule has 0 atom stereocenters. The fourth-order valence-electron chi connectivity index (χ4n) is 3.14. The zero-order chi connectivity index (χ0) is 22.0. The Hall–Kier alpha value is -3.49. The second-order valence-corrected chi connectivity index (χ2v) is 8.76. The molecular weight excluding hydrogens is 438 g/mol. The molecule has 0 aliphatic heterocycles. The SMILES string of the molecule is O=C1C(Cl)=C(CNc2ccnc(NS(=O)(=O)c3ccccc3)c2)C(=O)c2ccccc21. The molecule has 1 heterocycles. The number of pyridine rings is 1. The number of ketones is 2. The molecule has 0 fully saturated rings. The van der Waals surface area contributed by atoms with Gasteiger partial charge in [0.1, 0.15) is 5.82 Å². The predicted molar refractivity (Wildman–Crippen MR) is 118 cm³/mol. The summed E-state index contributed by atoms with van der Waals surface area (Å²) in [7, 11) is -3.79. The van der Waals surface area contributed by atoms with Gasteiger partial charge in [-0.15, -0.1) is 0 Å². The van der Waals surface area contributed by atoms with Crippen LogP contribution in [-0.2, 0) is 10.0 Å². The van der Waals surface area contributed by atoms with Crippen LogP contribution >= 0.6 is 11.6 Å². The van der Waals surface area contributed by atoms with E-state index >= 15 is 0 Å². The van der Waals surface area contributed by atoms with Crippen LogP contribution < -0.4 is 10.0 Å². The first-order valence-electron chi connectivity index (χ1n) is 9.22. The quantitative estimate of drug-likeness (QED) is 0.587. The third kappa shape index (κ3) is 4.21. The number of nitrogens with one attached hydrogen (secondary N) is 2. The topological polar surface area (TPSA) is 105 Å². The van der Waals surface area contributed by atoms with Gasteiger partial charge in [-0.25, -0.2) is 13.4 Å². The second-order valence-electron chi connectivity index (χ2n) is 6.70. The van der Waals surface area contributed by atoms with Gasteiger partial charge in [0.25, 0.3) is 10.0 Å². The normalized spacial score (nSPS) is 13.7. The summed E-state index contributed by atoms with van der Waals surface area (Å²) in [4.78, 5) is 29.4. The fraction of sp³-hybridized carbons (Fsp3) is 0.0455. The fourth-order valence-corrected chi connectivity index (χ4v) is 4.41. The maximum Gasteiger partial charge on any atom is 0.263 e. The van der Waals surface area contributed by atoms with Crippen LogP contribution in [0, 0.1) is 0 Å². The Labute approximate surface area is 183 Å². The number of anilines is 2. The van der Waals surface area contributed by atoms with Gasteiger partial charge < -0.3 is 5.32 Å². The molecule has 4 rings (SSSR count). The first-order chi connectivity index (χ1) is 14.9. The summed E-state index contributed by atoms with van der Waals surface area (Å²) in [6.07, 6.45) is 1.42. The number of allylic oxidation sites excluding steroid dienone is 1. The highest BCUT2D eigenvalue weighted by atomic mass is 35.5. The van der Waals surface area contributed by atoms with Crippen molar-refractivity contribution in [2.75, 3.05) is 16.6 Å². The van der Waals surface area contributed by atoms with E-state index in [2.05, 4.69) is 15.0 Å². The molecule has 0 saturated carbocycles. The zero-order valence-electron chi connectivity index (χ0n) is 16.0. The highest BCUT2D eigenvalue weighted by Gasteiger charge is 2.30. The molecule has 0 bridgehead atoms. The molecule has 156 valence electrons. The number of nitrogens with zero attached hydrogens (tertiary/aromatic N) is 1. The minimum absolute atomic E-state index is 0.00731. The molecule has 1 aromatic heterocycles. The lowest BCUT2D eigenvalue weighted by molar-refractivity contribution is 0.0980. The van der Waals surface area contributed by atoms with Crippen molar-refractivity contribution in [3.8, 4) is 0 Å². The summed E-state index contributed by atoms with van der Waals surface area (Å²) in [5.74, 6) is -0.628. The number of rotatable bonds is 6. The van der Waals surface area contributed by atoms with Crippen LogP contribution in [0.25, 0.3) is 0 Å². The number of aromatic nitrogens is 1. The average molecular weight is 454 g/mol. The van der Waals surface area contributed by atoms with E-state index in [1.165, 1.54) is 24.4 Å². The summed E-state index contributed by atoms with van der Waals surface area (Å²) in [5, 5.41) is 2.87. The summed E-state index contributed by atoms with van der Waals surface area (Å²) in [6, 6.07) is 17.5. The average Bonchev–Trinajstić information content (AvgIpc) is 2.78. The lowest BCUT2D eigenvalue weighted by Gasteiger charge is -2.18. The summed E-state index contributed by atoms with van der Waals surface area (Å²) in [6.45, 7) is -0.00731. The highest BCUT2D eigenvalue weighted by molar-refractivity contribution is 7.92. The van der Waals surface area contributed by atoms with Crippen molar-refractivity contribution < 1.29 is 18.0 Å². The maximum atomic E-state index is 12.8. The van der Waals surface area contributed by atoms with Gasteiger partial charge in [0.05, 0.1) is 9.93 Å². The number of carbonyl (C=O) groups is 2. The van der Waals surface area contributed by atoms with Crippen molar-refractivity contribution in [2.45, 2.75) is 4.90 Å². The Balaban J connectivity index is 1.52. The van der Waals surface area contributed by atoms with Crippen LogP contribution in [-0.4, -0.2) is 31.5 Å². The minimum atomic E-state index is -3.79. The molecule has 0 unspecified atom stereocenters. The number of benzene rings is 2. The lowest BCUT2D eigenvalue weighted by Crippen LogP contribution is -2.24. The molecule has 0 radical (unpaired) electrons. The van der Waals surface area contributed by atoms with Gasteiger partial charge >= 0.3 is 0 Å². The Bertz CT molecular complexity index is 1320. The minimum Gasteiger partial charge on any atom is -0.381 e. The van der Waals surface area contributed by atoms with Crippen LogP contribution in [0.4, 0.5) is 11.5 Å². The number of Topliss-reactive ketones (excluding diaryl/α,β-unsaturated/α-hetero) is 2. The van der Waals surface area contributed by atoms with Gasteiger partial charge in [-0.05, 0) is 18.2 Å². The third-order valence-corrected chi connectivity index (χ3v) is 6.45. The van der Waals surface area contributed by atoms with Crippen molar-refractivity contribution in [1.82, 2.24) is 4.98 Å². The zero-order valence-corrected chi connectivity index (χ0v) is 17.6. The molecule has 31 heavy (non-hydrogen) atoms. The monoisotopic (exact) mass is 453 g/mol. The Morgan fingerprint density at radius 1 is 0.871 bits per heavy atom. The summed E-state index contributed by atoms with van der Waals surface area (Å²) < 4.78 is 27.4. The molecule has 7 nitrogen and oxygen atoms in total. The number of sulfonamides is 1. The number of hydrogen-bond acceptors (Lipinski definition) is 6. The van der Waals surface area contributed by atoms with Gasteiger partial charge in [-0.2, -0.15) is 0 Å². The van der Waals surface area contributed by atoms with Crippen molar-refractivity contribution in [3.05, 3.63) is 94.7 Å². The molecule has 2 N–H and O–H groups in total. The number of fused-ring (bicyclic) bond motifs is 1. The number of halogens is 1. The molecule has 0 saturated heterocycles. The van der Waals surface area contributed by atoms with E-state index in [1.54, 1.807) is 48.5 Å². The summed E-state index contributed by atoms with van der Waals surface area (Å²) in [5.41, 5.74) is 1.23. The first-order valence-corrected chi connectivity index (χ1v) is 11.1. The van der Waals surface area contributed by atoms with E-state index < -0.39 is 15.8 Å². The van der Waals surface area contributed by atoms with Crippen molar-refractivity contribution >= 4 is 44.7 Å². The smallest absolute Gasteiger partial charge is 0.263 e. The Kier molecular flexibility index (Phi) is 5.58. The lowest BCUT2D eigenvalue weighted by atomic mass is 9.89. The van der Waals surface area contributed by atoms with Crippen LogP contribution in [0.5, 0.6) is 0 Å². The van der Waals surface area contributed by atoms with Gasteiger partial charge in [0.2, 0.25) is 5.78 Å². The van der Waals surface area contributed by atoms with Crippen LogP contribution in [0.2, 0.25) is 0 Å². The second kappa shape index (κ2) is 8.33. The molecule has 2 aromatic carbocycles. The Morgan fingerprint density at radius 2 is 1.52 bits per heavy atom. The van der Waals surface area contributed by atoms with Crippen molar-refractivity contribution in [2.24, 2.45) is 0 Å². The molecule has 9 heteroatoms. The first kappa shape index (κ1) is 20.8. The number of hydrogen-bond donors (Lipinski definition) is 2. The molecule has 0 spiro atoms. The van der Waals surface area contributed by atoms with Crippen LogP contribution in [0.3, 0.4) is 0 Å². The summed E-state index contributed by atoms with van der Waals surface area (Å²) >= 11 is 6.17. The van der Waals surface area contributed by atoms with E-state index in [0.29, 0.717) is 11.3 Å². The third-order valence-electron chi connectivity index (χ3n) is 4.68. The van der Waals surface area contributed by atoms with E-state index in [9.17, 15) is 18.0 Å². The van der Waals surface area contributed by atoms with Crippen molar-refractivity contribution in [3.63, 3.8) is 0 Å². The van der Waals surface area contributed by atoms with Crippen LogP contribution in [0.15, 0.2) is 88.4 Å². The van der Waals surface area contributed by atoms with E-state index in [1.807, 2.05) is 0 Å². The van der Waals surface area contributed by atoms with Gasteiger partial charge in [0, 0.05) is 41.2 Å². The van der Waals surface area contributed by atoms with E-state index in [-0.39, 0.29) is 39.2 Å². The van der Waals surface area contributed by atoms with Crippen LogP contribution in [0.1, 0.15) is 20.7 Å². The highest BCUT2D eigenvalue weighted by Crippen LogP contribution is 2.29. The molecule has 1 aliphatic rings. The number of carbonyl (C=O) groups excluding carboxylic acids is 2. The molecule has 3 aromatic rings. The maximum absolute atomic E-state index is 12.8. The standard InChI is InChI=1S/C22H16ClN3O4S/c23-20-18(21(27)16-8-4-5-9-17(16)22(20)28)13-25-14-10-11-24-19(12-14)26-31(29,30)15-6-2-1-3-7-15/h1-12H,13H2,(H2,24,25,26). The van der Waals surface area contributed by atoms with Gasteiger partial charge in [-0.1, -0.05) is 54.1 Å². The van der Waals surface area contributed by atoms with Gasteiger partial charge in [0.15, 0.2) is 5.78 Å². The predicted octanol–water partition coefficient (Wildman–Crippen LogP) is 3.87. The largest absolute Gasteiger partial charge is 0.381 e. The molecular formula is C22H16ClN3O4S.